The number of carbonyl (C=O) groups excluding carboxylic acids is 2. The molecule has 0 saturated carbocycles. The van der Waals surface area contributed by atoms with Gasteiger partial charge in [-0.25, -0.2) is 8.42 Å². The Hall–Kier alpha value is -2.93. The second kappa shape index (κ2) is 7.96. The number of hydrogen-bond acceptors (Lipinski definition) is 4. The zero-order valence-electron chi connectivity index (χ0n) is 17.7. The van der Waals surface area contributed by atoms with E-state index >= 15 is 0 Å². The van der Waals surface area contributed by atoms with Gasteiger partial charge in [0.2, 0.25) is 5.91 Å². The molecule has 4 rings (SSSR count). The molecule has 1 unspecified atom stereocenters. The van der Waals surface area contributed by atoms with E-state index < -0.39 is 15.9 Å². The van der Waals surface area contributed by atoms with Crippen molar-refractivity contribution in [1.82, 2.24) is 10.2 Å². The number of allylic oxidation sites excluding steroid dienone is 1. The summed E-state index contributed by atoms with van der Waals surface area (Å²) in [4.78, 5) is 27.1. The van der Waals surface area contributed by atoms with Gasteiger partial charge in [-0.1, -0.05) is 44.7 Å². The number of nitrogens with one attached hydrogen (secondary N) is 1. The molecule has 0 radical (unpaired) electrons. The topological polar surface area (TPSA) is 83.6 Å². The van der Waals surface area contributed by atoms with E-state index in [1.807, 2.05) is 12.1 Å². The minimum atomic E-state index is -3.54. The zero-order valence-corrected chi connectivity index (χ0v) is 18.5. The summed E-state index contributed by atoms with van der Waals surface area (Å²) in [5.74, 6) is -0.307. The highest BCUT2D eigenvalue weighted by Gasteiger charge is 2.38. The van der Waals surface area contributed by atoms with Crippen LogP contribution in [0.4, 0.5) is 0 Å². The van der Waals surface area contributed by atoms with Gasteiger partial charge < -0.3 is 10.2 Å². The molecule has 0 aliphatic carbocycles. The van der Waals surface area contributed by atoms with Crippen LogP contribution >= 0.6 is 0 Å². The summed E-state index contributed by atoms with van der Waals surface area (Å²) in [6.07, 6.45) is 1.17. The quantitative estimate of drug-likeness (QED) is 0.774. The van der Waals surface area contributed by atoms with E-state index in [1.54, 1.807) is 35.2 Å². The molecule has 1 saturated heterocycles. The second-order valence-corrected chi connectivity index (χ2v) is 10.5. The zero-order chi connectivity index (χ0) is 22.3. The minimum Gasteiger partial charge on any atom is -0.329 e. The Bertz CT molecular complexity index is 1170. The maximum atomic E-state index is 13.0. The lowest BCUT2D eigenvalue weighted by molar-refractivity contribution is -0.126. The van der Waals surface area contributed by atoms with Crippen molar-refractivity contribution in [3.63, 3.8) is 0 Å². The highest BCUT2D eigenvalue weighted by atomic mass is 32.2. The lowest BCUT2D eigenvalue weighted by Gasteiger charge is -2.30. The van der Waals surface area contributed by atoms with E-state index in [1.165, 1.54) is 0 Å². The van der Waals surface area contributed by atoms with Crippen LogP contribution in [-0.4, -0.2) is 31.2 Å². The first-order valence-corrected chi connectivity index (χ1v) is 12.0. The number of fused-ring (bicyclic) bond motifs is 1. The van der Waals surface area contributed by atoms with Gasteiger partial charge in [-0.15, -0.1) is 0 Å². The van der Waals surface area contributed by atoms with Crippen LogP contribution in [0.1, 0.15) is 59.7 Å². The van der Waals surface area contributed by atoms with Gasteiger partial charge >= 0.3 is 0 Å². The van der Waals surface area contributed by atoms with Crippen LogP contribution in [0.5, 0.6) is 0 Å². The second-order valence-electron chi connectivity index (χ2n) is 8.55. The Morgan fingerprint density at radius 1 is 1.13 bits per heavy atom. The fourth-order valence-electron chi connectivity index (χ4n) is 4.13. The summed E-state index contributed by atoms with van der Waals surface area (Å²) in [6.45, 7) is 8.24. The molecule has 0 aromatic heterocycles. The van der Waals surface area contributed by atoms with E-state index in [0.29, 0.717) is 42.1 Å². The first kappa shape index (κ1) is 21.3. The molecule has 1 N–H and O–H groups in total. The maximum absolute atomic E-state index is 13.0. The van der Waals surface area contributed by atoms with Crippen LogP contribution in [-0.2, 0) is 26.9 Å². The summed E-state index contributed by atoms with van der Waals surface area (Å²) in [5.41, 5.74) is 3.59. The Kier molecular flexibility index (Phi) is 5.47. The highest BCUT2D eigenvalue weighted by Crippen LogP contribution is 2.30. The van der Waals surface area contributed by atoms with Gasteiger partial charge in [-0.3, -0.25) is 9.59 Å². The molecule has 162 valence electrons. The Balaban J connectivity index is 1.53. The molecule has 2 aliphatic heterocycles. The molecule has 2 amide bonds. The number of carbonyl (C=O) groups is 2. The van der Waals surface area contributed by atoms with E-state index in [4.69, 9.17) is 0 Å². The SMILES string of the molecule is C=C1CCC(N2Cc3ccc(CS(=O)(=O)c4ccc(C(C)C)cc4)cc3C2=O)C(=O)N1. The summed E-state index contributed by atoms with van der Waals surface area (Å²) in [5, 5.41) is 2.72. The summed E-state index contributed by atoms with van der Waals surface area (Å²) >= 11 is 0. The van der Waals surface area contributed by atoms with Crippen molar-refractivity contribution in [2.75, 3.05) is 0 Å². The molecule has 2 aromatic carbocycles. The van der Waals surface area contributed by atoms with Gasteiger partial charge in [0.15, 0.2) is 9.84 Å². The fourth-order valence-corrected chi connectivity index (χ4v) is 5.47. The molecule has 7 heteroatoms. The minimum absolute atomic E-state index is 0.182. The smallest absolute Gasteiger partial charge is 0.255 e. The average Bonchev–Trinajstić information content (AvgIpc) is 3.04. The van der Waals surface area contributed by atoms with Gasteiger partial charge in [-0.05, 0) is 53.6 Å². The van der Waals surface area contributed by atoms with Crippen LogP contribution in [0.2, 0.25) is 0 Å². The predicted molar refractivity (Wildman–Crippen MR) is 118 cm³/mol. The number of hydrogen-bond donors (Lipinski definition) is 1. The molecule has 0 spiro atoms. The van der Waals surface area contributed by atoms with Gasteiger partial charge in [-0.2, -0.15) is 0 Å². The number of rotatable bonds is 5. The van der Waals surface area contributed by atoms with E-state index in [0.717, 1.165) is 11.1 Å². The first-order valence-electron chi connectivity index (χ1n) is 10.4. The van der Waals surface area contributed by atoms with E-state index in [-0.39, 0.29) is 22.5 Å². The third-order valence-electron chi connectivity index (χ3n) is 5.97. The summed E-state index contributed by atoms with van der Waals surface area (Å²) in [6, 6.07) is 11.6. The number of benzene rings is 2. The van der Waals surface area contributed by atoms with Crippen molar-refractivity contribution >= 4 is 21.7 Å². The molecule has 1 atom stereocenters. The van der Waals surface area contributed by atoms with Crippen LogP contribution < -0.4 is 5.32 Å². The van der Waals surface area contributed by atoms with Crippen LogP contribution in [0.3, 0.4) is 0 Å². The molecule has 2 aromatic rings. The number of piperidine rings is 1. The fraction of sp³-hybridized carbons (Fsp3) is 0.333. The largest absolute Gasteiger partial charge is 0.329 e. The van der Waals surface area contributed by atoms with Gasteiger partial charge in [0.05, 0.1) is 10.6 Å². The lowest BCUT2D eigenvalue weighted by atomic mass is 10.0. The van der Waals surface area contributed by atoms with E-state index in [9.17, 15) is 18.0 Å². The molecular weight excluding hydrogens is 412 g/mol. The van der Waals surface area contributed by atoms with Crippen molar-refractivity contribution in [1.29, 1.82) is 0 Å². The third-order valence-corrected chi connectivity index (χ3v) is 7.67. The predicted octanol–water partition coefficient (Wildman–Crippen LogP) is 3.53. The molecule has 2 aliphatic rings. The summed E-state index contributed by atoms with van der Waals surface area (Å²) < 4.78 is 25.8. The Morgan fingerprint density at radius 2 is 1.84 bits per heavy atom. The summed E-state index contributed by atoms with van der Waals surface area (Å²) in [7, 11) is -3.54. The Morgan fingerprint density at radius 3 is 2.48 bits per heavy atom. The van der Waals surface area contributed by atoms with Crippen molar-refractivity contribution in [3.8, 4) is 0 Å². The van der Waals surface area contributed by atoms with E-state index in [2.05, 4.69) is 25.7 Å². The molecular formula is C24H26N2O4S. The average molecular weight is 439 g/mol. The van der Waals surface area contributed by atoms with Gasteiger partial charge in [0.1, 0.15) is 6.04 Å². The molecule has 0 bridgehead atoms. The van der Waals surface area contributed by atoms with Crippen LogP contribution in [0, 0.1) is 0 Å². The molecule has 2 heterocycles. The maximum Gasteiger partial charge on any atom is 0.255 e. The number of sulfone groups is 1. The molecule has 6 nitrogen and oxygen atoms in total. The van der Waals surface area contributed by atoms with Gasteiger partial charge in [0.25, 0.3) is 5.91 Å². The van der Waals surface area contributed by atoms with Crippen LogP contribution in [0.15, 0.2) is 59.6 Å². The highest BCUT2D eigenvalue weighted by molar-refractivity contribution is 7.90. The number of amides is 2. The molecule has 31 heavy (non-hydrogen) atoms. The van der Waals surface area contributed by atoms with Crippen molar-refractivity contribution in [3.05, 3.63) is 77.0 Å². The standard InChI is InChI=1S/C24H26N2O4S/c1-15(2)18-7-9-20(10-8-18)31(29,30)14-17-5-6-19-13-26(24(28)21(19)12-17)22-11-4-16(3)25-23(22)27/h5-10,12,15,22H,3-4,11,13-14H2,1-2H3,(H,25,27). The third kappa shape index (κ3) is 4.14. The number of nitrogens with zero attached hydrogens (tertiary/aromatic N) is 1. The first-order chi connectivity index (χ1) is 14.7. The Labute approximate surface area is 182 Å². The normalized spacial score (nSPS) is 19.0. The van der Waals surface area contributed by atoms with Gasteiger partial charge in [0, 0.05) is 17.8 Å². The lowest BCUT2D eigenvalue weighted by Crippen LogP contribution is -2.49. The van der Waals surface area contributed by atoms with Crippen molar-refractivity contribution in [2.45, 2.75) is 55.8 Å². The molecule has 1 fully saturated rings. The van der Waals surface area contributed by atoms with Crippen molar-refractivity contribution in [2.24, 2.45) is 0 Å². The van der Waals surface area contributed by atoms with Crippen LogP contribution in [0.25, 0.3) is 0 Å². The van der Waals surface area contributed by atoms with Crippen molar-refractivity contribution < 1.29 is 18.0 Å². The monoisotopic (exact) mass is 438 g/mol.